The first kappa shape index (κ1) is 13.3. The number of likely N-dealkylation sites (tertiary alicyclic amines) is 1. The zero-order chi connectivity index (χ0) is 13.2. The normalized spacial score (nSPS) is 26.6. The Balaban J connectivity index is 1.79. The molecule has 0 aromatic rings. The van der Waals surface area contributed by atoms with Crippen LogP contribution in [0.2, 0.25) is 0 Å². The number of carboxylic acid groups (broad SMARTS) is 1. The molecule has 0 aromatic carbocycles. The fraction of sp³-hybridized carbons (Fsp3) is 0.846. The van der Waals surface area contributed by atoms with Crippen LogP contribution in [0.15, 0.2) is 0 Å². The van der Waals surface area contributed by atoms with Crippen LogP contribution in [0, 0.1) is 11.3 Å². The molecular weight excluding hydrogens is 232 g/mol. The number of hydrogen-bond acceptors (Lipinski definition) is 3. The fourth-order valence-electron chi connectivity index (χ4n) is 2.98. The minimum Gasteiger partial charge on any atom is -0.481 e. The molecule has 1 unspecified atom stereocenters. The van der Waals surface area contributed by atoms with E-state index in [-0.39, 0.29) is 23.7 Å². The predicted molar refractivity (Wildman–Crippen MR) is 67.2 cm³/mol. The number of nitrogens with one attached hydrogen (secondary N) is 1. The smallest absolute Gasteiger partial charge is 0.303 e. The van der Waals surface area contributed by atoms with Gasteiger partial charge in [-0.25, -0.2) is 0 Å². The lowest BCUT2D eigenvalue weighted by Gasteiger charge is -2.41. The van der Waals surface area contributed by atoms with E-state index in [1.165, 1.54) is 0 Å². The Bertz CT molecular complexity index is 339. The van der Waals surface area contributed by atoms with Gasteiger partial charge in [0, 0.05) is 13.1 Å². The topological polar surface area (TPSA) is 69.6 Å². The first-order valence-electron chi connectivity index (χ1n) is 6.69. The Morgan fingerprint density at radius 2 is 2.17 bits per heavy atom. The summed E-state index contributed by atoms with van der Waals surface area (Å²) in [5, 5.41) is 11.9. The molecule has 0 radical (unpaired) electrons. The average Bonchev–Trinajstić information content (AvgIpc) is 2.68. The van der Waals surface area contributed by atoms with Crippen LogP contribution in [0.5, 0.6) is 0 Å². The second kappa shape index (κ2) is 5.26. The molecule has 18 heavy (non-hydrogen) atoms. The summed E-state index contributed by atoms with van der Waals surface area (Å²) in [5.41, 5.74) is -0.175. The lowest BCUT2D eigenvalue weighted by atomic mass is 9.66. The average molecular weight is 254 g/mol. The molecule has 2 fully saturated rings. The van der Waals surface area contributed by atoms with E-state index >= 15 is 0 Å². The molecule has 1 heterocycles. The van der Waals surface area contributed by atoms with Crippen LogP contribution in [0.1, 0.15) is 32.1 Å². The van der Waals surface area contributed by atoms with Crippen LogP contribution in [0.4, 0.5) is 0 Å². The highest BCUT2D eigenvalue weighted by Gasteiger charge is 2.39. The first-order valence-corrected chi connectivity index (χ1v) is 6.69. The third kappa shape index (κ3) is 3.02. The third-order valence-electron chi connectivity index (χ3n) is 4.34. The Kier molecular flexibility index (Phi) is 3.90. The number of rotatable bonds is 5. The van der Waals surface area contributed by atoms with Crippen LogP contribution in [0.25, 0.3) is 0 Å². The number of carbonyl (C=O) groups is 2. The molecule has 5 heteroatoms. The number of hydrogen-bond donors (Lipinski definition) is 2. The van der Waals surface area contributed by atoms with E-state index in [0.717, 1.165) is 38.8 Å². The predicted octanol–water partition coefficient (Wildman–Crippen LogP) is 0.699. The second-order valence-electron chi connectivity index (χ2n) is 5.89. The van der Waals surface area contributed by atoms with Crippen molar-refractivity contribution in [3.63, 3.8) is 0 Å². The van der Waals surface area contributed by atoms with Gasteiger partial charge in [0.05, 0.1) is 12.3 Å². The molecule has 1 amide bonds. The molecule has 1 aliphatic heterocycles. The Morgan fingerprint density at radius 1 is 1.44 bits per heavy atom. The van der Waals surface area contributed by atoms with E-state index in [1.54, 1.807) is 0 Å². The summed E-state index contributed by atoms with van der Waals surface area (Å²) in [6.07, 6.45) is 4.01. The van der Waals surface area contributed by atoms with Crippen molar-refractivity contribution < 1.29 is 14.7 Å². The molecule has 1 saturated heterocycles. The highest BCUT2D eigenvalue weighted by molar-refractivity contribution is 5.79. The van der Waals surface area contributed by atoms with Crippen molar-refractivity contribution in [3.8, 4) is 0 Å². The van der Waals surface area contributed by atoms with Gasteiger partial charge in [-0.1, -0.05) is 6.42 Å². The molecule has 1 aliphatic carbocycles. The van der Waals surface area contributed by atoms with Gasteiger partial charge >= 0.3 is 5.97 Å². The van der Waals surface area contributed by atoms with Crippen LogP contribution >= 0.6 is 0 Å². The van der Waals surface area contributed by atoms with Crippen molar-refractivity contribution in [2.24, 2.45) is 11.3 Å². The number of carboxylic acids is 1. The summed E-state index contributed by atoms with van der Waals surface area (Å²) < 4.78 is 0. The minimum absolute atomic E-state index is 0.0805. The van der Waals surface area contributed by atoms with Crippen LogP contribution in [-0.2, 0) is 9.59 Å². The lowest BCUT2D eigenvalue weighted by molar-refractivity contribution is -0.142. The van der Waals surface area contributed by atoms with Gasteiger partial charge in [0.1, 0.15) is 0 Å². The van der Waals surface area contributed by atoms with Crippen molar-refractivity contribution in [3.05, 3.63) is 0 Å². The summed E-state index contributed by atoms with van der Waals surface area (Å²) >= 11 is 0. The van der Waals surface area contributed by atoms with Gasteiger partial charge in [0.15, 0.2) is 0 Å². The third-order valence-corrected chi connectivity index (χ3v) is 4.34. The Labute approximate surface area is 108 Å². The summed E-state index contributed by atoms with van der Waals surface area (Å²) in [4.78, 5) is 25.0. The Hall–Kier alpha value is -1.10. The lowest BCUT2D eigenvalue weighted by Crippen LogP contribution is -2.45. The first-order chi connectivity index (χ1) is 8.51. The molecule has 1 saturated carbocycles. The van der Waals surface area contributed by atoms with Crippen LogP contribution in [0.3, 0.4) is 0 Å². The van der Waals surface area contributed by atoms with Crippen molar-refractivity contribution in [2.45, 2.75) is 32.1 Å². The van der Waals surface area contributed by atoms with Crippen LogP contribution < -0.4 is 5.32 Å². The molecule has 0 spiro atoms. The molecular formula is C13H22N2O3. The van der Waals surface area contributed by atoms with Gasteiger partial charge in [-0.3, -0.25) is 9.59 Å². The summed E-state index contributed by atoms with van der Waals surface area (Å²) in [6, 6.07) is 0. The zero-order valence-corrected chi connectivity index (χ0v) is 10.9. The fourth-order valence-corrected chi connectivity index (χ4v) is 2.98. The summed E-state index contributed by atoms with van der Waals surface area (Å²) in [5.74, 6) is -0.586. The molecule has 5 nitrogen and oxygen atoms in total. The highest BCUT2D eigenvalue weighted by atomic mass is 16.4. The van der Waals surface area contributed by atoms with E-state index in [1.807, 2.05) is 7.05 Å². The van der Waals surface area contributed by atoms with Crippen molar-refractivity contribution in [1.29, 1.82) is 0 Å². The number of nitrogens with zero attached hydrogens (tertiary/aromatic N) is 1. The summed E-state index contributed by atoms with van der Waals surface area (Å²) in [7, 11) is 2.02. The summed E-state index contributed by atoms with van der Waals surface area (Å²) in [6.45, 7) is 2.31. The van der Waals surface area contributed by atoms with Gasteiger partial charge < -0.3 is 15.3 Å². The molecule has 0 bridgehead atoms. The molecule has 2 rings (SSSR count). The number of amides is 1. The maximum Gasteiger partial charge on any atom is 0.303 e. The van der Waals surface area contributed by atoms with Crippen molar-refractivity contribution in [1.82, 2.24) is 10.2 Å². The maximum atomic E-state index is 12.0. The molecule has 102 valence electrons. The number of carbonyl (C=O) groups excluding carboxylic acids is 1. The maximum absolute atomic E-state index is 12.0. The largest absolute Gasteiger partial charge is 0.481 e. The molecule has 0 aromatic heterocycles. The van der Waals surface area contributed by atoms with Gasteiger partial charge in [-0.05, 0) is 38.3 Å². The Morgan fingerprint density at radius 3 is 2.61 bits per heavy atom. The van der Waals surface area contributed by atoms with E-state index in [2.05, 4.69) is 10.2 Å². The van der Waals surface area contributed by atoms with Crippen LogP contribution in [-0.4, -0.2) is 48.6 Å². The molecule has 2 N–H and O–H groups in total. The zero-order valence-electron chi connectivity index (χ0n) is 10.9. The van der Waals surface area contributed by atoms with E-state index in [9.17, 15) is 9.59 Å². The quantitative estimate of drug-likeness (QED) is 0.757. The molecule has 1 atom stereocenters. The second-order valence-corrected chi connectivity index (χ2v) is 5.89. The SMILES string of the molecule is CN1CCC(C(=O)NCC2(CC(=O)O)CCC2)C1. The van der Waals surface area contributed by atoms with Gasteiger partial charge in [0.2, 0.25) is 5.91 Å². The van der Waals surface area contributed by atoms with Crippen molar-refractivity contribution >= 4 is 11.9 Å². The van der Waals surface area contributed by atoms with E-state index in [0.29, 0.717) is 6.54 Å². The van der Waals surface area contributed by atoms with E-state index < -0.39 is 5.97 Å². The highest BCUT2D eigenvalue weighted by Crippen LogP contribution is 2.43. The monoisotopic (exact) mass is 254 g/mol. The van der Waals surface area contributed by atoms with E-state index in [4.69, 9.17) is 5.11 Å². The number of aliphatic carboxylic acids is 1. The minimum atomic E-state index is -0.760. The van der Waals surface area contributed by atoms with Gasteiger partial charge in [-0.15, -0.1) is 0 Å². The van der Waals surface area contributed by atoms with Gasteiger partial charge in [0.25, 0.3) is 0 Å². The van der Waals surface area contributed by atoms with Gasteiger partial charge in [-0.2, -0.15) is 0 Å². The molecule has 2 aliphatic rings. The van der Waals surface area contributed by atoms with Crippen molar-refractivity contribution in [2.75, 3.05) is 26.7 Å². The standard InChI is InChI=1S/C13H22N2O3/c1-15-6-3-10(8-15)12(18)14-9-13(4-2-5-13)7-11(16)17/h10H,2-9H2,1H3,(H,14,18)(H,16,17).